The third-order valence-electron chi connectivity index (χ3n) is 5.86. The van der Waals surface area contributed by atoms with Gasteiger partial charge in [-0.15, -0.1) is 0 Å². The Hall–Kier alpha value is -2.94. The van der Waals surface area contributed by atoms with Crippen LogP contribution < -0.4 is 9.47 Å². The molecule has 2 atom stereocenters. The summed E-state index contributed by atoms with van der Waals surface area (Å²) in [5.74, 6) is 0.723. The van der Waals surface area contributed by atoms with Crippen LogP contribution in [-0.4, -0.2) is 75.9 Å². The number of ketones is 1. The van der Waals surface area contributed by atoms with Gasteiger partial charge < -0.3 is 23.8 Å². The van der Waals surface area contributed by atoms with Gasteiger partial charge >= 0.3 is 5.97 Å². The van der Waals surface area contributed by atoms with Gasteiger partial charge in [0.15, 0.2) is 11.5 Å². The lowest BCUT2D eigenvalue weighted by Crippen LogP contribution is -2.39. The van der Waals surface area contributed by atoms with Gasteiger partial charge in [0.2, 0.25) is 0 Å². The molecule has 0 bridgehead atoms. The molecule has 1 saturated heterocycles. The number of aliphatic imine (C=N–C) groups is 1. The Morgan fingerprint density at radius 2 is 1.84 bits per heavy atom. The average Bonchev–Trinajstić information content (AvgIpc) is 3.16. The van der Waals surface area contributed by atoms with Crippen LogP contribution in [0.25, 0.3) is 0 Å². The molecule has 0 saturated carbocycles. The van der Waals surface area contributed by atoms with Crippen molar-refractivity contribution in [1.82, 2.24) is 4.90 Å². The van der Waals surface area contributed by atoms with Gasteiger partial charge in [0, 0.05) is 44.2 Å². The summed E-state index contributed by atoms with van der Waals surface area (Å²) < 4.78 is 21.0. The number of amides is 1. The van der Waals surface area contributed by atoms with E-state index in [1.165, 1.54) is 14.2 Å². The number of hydrogen-bond donors (Lipinski definition) is 0. The number of rotatable bonds is 11. The van der Waals surface area contributed by atoms with Crippen molar-refractivity contribution >= 4 is 29.6 Å². The molecule has 1 aromatic carbocycles. The SMILES string of the molecule is COC(=O)CCC(=O)CCCOC[C@@H]1CCN2C(=O)c3cc(OC)c(OC)cc3N=C[C@H]12. The Balaban J connectivity index is 1.52. The number of esters is 1. The maximum atomic E-state index is 13.2. The molecular weight excluding hydrogens is 416 g/mol. The third-order valence-corrected chi connectivity index (χ3v) is 5.86. The molecule has 0 unspecified atom stereocenters. The minimum atomic E-state index is -0.376. The summed E-state index contributed by atoms with van der Waals surface area (Å²) in [6, 6.07) is 3.25. The number of Topliss-reactive ketones (excluding diaryl/α,β-unsaturated/α-hetero) is 1. The minimum Gasteiger partial charge on any atom is -0.493 e. The van der Waals surface area contributed by atoms with Crippen LogP contribution >= 0.6 is 0 Å². The second-order valence-electron chi connectivity index (χ2n) is 7.83. The molecule has 1 amide bonds. The van der Waals surface area contributed by atoms with Gasteiger partial charge in [0.25, 0.3) is 5.91 Å². The monoisotopic (exact) mass is 446 g/mol. The standard InChI is InChI=1S/C23H30N2O7/c1-29-20-11-17-18(12-21(20)30-2)24-13-19-15(8-9-25(19)23(17)28)14-32-10-4-5-16(26)6-7-22(27)31-3/h11-13,15,19H,4-10,14H2,1-3H3/t15-,19+/m0/s1. The molecule has 2 heterocycles. The van der Waals surface area contributed by atoms with Crippen LogP contribution in [0.2, 0.25) is 0 Å². The molecule has 9 nitrogen and oxygen atoms in total. The lowest BCUT2D eigenvalue weighted by Gasteiger charge is -2.23. The van der Waals surface area contributed by atoms with Crippen LogP contribution in [0.3, 0.4) is 0 Å². The summed E-state index contributed by atoms with van der Waals surface area (Å²) in [5, 5.41) is 0. The Morgan fingerprint density at radius 3 is 2.56 bits per heavy atom. The Labute approximate surface area is 187 Å². The number of carbonyl (C=O) groups excluding carboxylic acids is 3. The lowest BCUT2D eigenvalue weighted by molar-refractivity contribution is -0.141. The van der Waals surface area contributed by atoms with Crippen molar-refractivity contribution in [3.05, 3.63) is 17.7 Å². The van der Waals surface area contributed by atoms with E-state index in [4.69, 9.17) is 14.2 Å². The molecule has 0 aliphatic carbocycles. The molecule has 0 aromatic heterocycles. The number of fused-ring (bicyclic) bond motifs is 2. The minimum absolute atomic E-state index is 0.0242. The summed E-state index contributed by atoms with van der Waals surface area (Å²) in [4.78, 5) is 42.4. The first-order chi connectivity index (χ1) is 15.5. The summed E-state index contributed by atoms with van der Waals surface area (Å²) in [6.07, 6.45) is 3.91. The maximum Gasteiger partial charge on any atom is 0.305 e. The van der Waals surface area contributed by atoms with Gasteiger partial charge in [0.05, 0.1) is 51.6 Å². The van der Waals surface area contributed by atoms with E-state index in [0.717, 1.165) is 6.42 Å². The molecule has 1 aromatic rings. The van der Waals surface area contributed by atoms with E-state index >= 15 is 0 Å². The smallest absolute Gasteiger partial charge is 0.305 e. The first kappa shape index (κ1) is 23.7. The highest BCUT2D eigenvalue weighted by Gasteiger charge is 2.39. The van der Waals surface area contributed by atoms with Crippen LogP contribution in [0.4, 0.5) is 5.69 Å². The van der Waals surface area contributed by atoms with Gasteiger partial charge in [-0.25, -0.2) is 0 Å². The topological polar surface area (TPSA) is 104 Å². The van der Waals surface area contributed by atoms with Crippen molar-refractivity contribution in [3.8, 4) is 11.5 Å². The zero-order valence-corrected chi connectivity index (χ0v) is 18.8. The van der Waals surface area contributed by atoms with Crippen molar-refractivity contribution in [3.63, 3.8) is 0 Å². The van der Waals surface area contributed by atoms with E-state index in [9.17, 15) is 14.4 Å². The lowest BCUT2D eigenvalue weighted by atomic mass is 10.0. The van der Waals surface area contributed by atoms with E-state index in [1.807, 2.05) is 11.1 Å². The molecule has 0 N–H and O–H groups in total. The molecule has 0 radical (unpaired) electrons. The Morgan fingerprint density at radius 1 is 1.09 bits per heavy atom. The number of methoxy groups -OCH3 is 3. The number of nitrogens with zero attached hydrogens (tertiary/aromatic N) is 2. The number of hydrogen-bond acceptors (Lipinski definition) is 8. The molecule has 3 rings (SSSR count). The van der Waals surface area contributed by atoms with Crippen LogP contribution in [0.5, 0.6) is 11.5 Å². The van der Waals surface area contributed by atoms with Gasteiger partial charge in [-0.2, -0.15) is 0 Å². The summed E-state index contributed by atoms with van der Waals surface area (Å²) >= 11 is 0. The summed E-state index contributed by atoms with van der Waals surface area (Å²) in [5.41, 5.74) is 1.06. The van der Waals surface area contributed by atoms with Gasteiger partial charge in [-0.1, -0.05) is 0 Å². The first-order valence-electron chi connectivity index (χ1n) is 10.8. The molecule has 2 aliphatic rings. The van der Waals surface area contributed by atoms with E-state index in [0.29, 0.717) is 55.4 Å². The zero-order chi connectivity index (χ0) is 23.1. The van der Waals surface area contributed by atoms with Crippen molar-refractivity contribution in [2.24, 2.45) is 10.9 Å². The van der Waals surface area contributed by atoms with Gasteiger partial charge in [0.1, 0.15) is 5.78 Å². The highest BCUT2D eigenvalue weighted by atomic mass is 16.5. The van der Waals surface area contributed by atoms with E-state index in [2.05, 4.69) is 9.73 Å². The number of ether oxygens (including phenoxy) is 4. The first-order valence-corrected chi connectivity index (χ1v) is 10.8. The van der Waals surface area contributed by atoms with Crippen molar-refractivity contribution in [2.45, 2.75) is 38.1 Å². The fourth-order valence-corrected chi connectivity index (χ4v) is 4.03. The summed E-state index contributed by atoms with van der Waals surface area (Å²) in [6.45, 7) is 1.57. The zero-order valence-electron chi connectivity index (χ0n) is 18.8. The van der Waals surface area contributed by atoms with E-state index in [1.54, 1.807) is 19.2 Å². The third kappa shape index (κ3) is 5.45. The second kappa shape index (κ2) is 11.1. The van der Waals surface area contributed by atoms with Crippen molar-refractivity contribution in [1.29, 1.82) is 0 Å². The van der Waals surface area contributed by atoms with Gasteiger partial charge in [-0.05, 0) is 18.9 Å². The highest BCUT2D eigenvalue weighted by Crippen LogP contribution is 2.38. The number of carbonyl (C=O) groups is 3. The fourth-order valence-electron chi connectivity index (χ4n) is 4.03. The Kier molecular flexibility index (Phi) is 8.21. The Bertz CT molecular complexity index is 883. The largest absolute Gasteiger partial charge is 0.493 e. The second-order valence-corrected chi connectivity index (χ2v) is 7.83. The predicted octanol–water partition coefficient (Wildman–Crippen LogP) is 2.57. The summed E-state index contributed by atoms with van der Waals surface area (Å²) in [7, 11) is 4.39. The maximum absolute atomic E-state index is 13.2. The average molecular weight is 447 g/mol. The van der Waals surface area contributed by atoms with Crippen molar-refractivity contribution < 1.29 is 33.3 Å². The normalized spacial score (nSPS) is 19.2. The van der Waals surface area contributed by atoms with E-state index < -0.39 is 0 Å². The van der Waals surface area contributed by atoms with Gasteiger partial charge in [-0.3, -0.25) is 19.4 Å². The molecule has 174 valence electrons. The van der Waals surface area contributed by atoms with Crippen LogP contribution in [0.1, 0.15) is 42.5 Å². The number of benzene rings is 1. The van der Waals surface area contributed by atoms with E-state index in [-0.39, 0.29) is 42.5 Å². The molecule has 32 heavy (non-hydrogen) atoms. The molecule has 0 spiro atoms. The highest BCUT2D eigenvalue weighted by molar-refractivity contribution is 6.03. The quantitative estimate of drug-likeness (QED) is 0.380. The molecule has 2 aliphatic heterocycles. The van der Waals surface area contributed by atoms with Crippen LogP contribution in [-0.2, 0) is 19.1 Å². The van der Waals surface area contributed by atoms with Crippen LogP contribution in [0, 0.1) is 5.92 Å². The molecular formula is C23H30N2O7. The predicted molar refractivity (Wildman–Crippen MR) is 117 cm³/mol. The molecule has 9 heteroatoms. The van der Waals surface area contributed by atoms with Crippen LogP contribution in [0.15, 0.2) is 17.1 Å². The van der Waals surface area contributed by atoms with Crippen molar-refractivity contribution in [2.75, 3.05) is 41.1 Å². The molecule has 1 fully saturated rings. The fraction of sp³-hybridized carbons (Fsp3) is 0.565.